The minimum Gasteiger partial charge on any atom is -0.493 e. The topological polar surface area (TPSA) is 65.5 Å². The van der Waals surface area contributed by atoms with Gasteiger partial charge in [0.2, 0.25) is 5.88 Å². The fourth-order valence-electron chi connectivity index (χ4n) is 2.03. The molecule has 6 nitrogen and oxygen atoms in total. The summed E-state index contributed by atoms with van der Waals surface area (Å²) >= 11 is 0. The van der Waals surface area contributed by atoms with Gasteiger partial charge in [-0.15, -0.1) is 0 Å². The standard InChI is InChI=1S/C15H19N3O3/c1-19-13-6-8-17-12(14(13)20-2)10-16-9-11-5-4-7-18-15(11)21-3/h4-8,16H,9-10H2,1-3H3. The highest BCUT2D eigenvalue weighted by Gasteiger charge is 2.11. The van der Waals surface area contributed by atoms with Gasteiger partial charge in [0.15, 0.2) is 11.5 Å². The summed E-state index contributed by atoms with van der Waals surface area (Å²) in [5.74, 6) is 1.93. The number of methoxy groups -OCH3 is 3. The molecule has 112 valence electrons. The van der Waals surface area contributed by atoms with Crippen molar-refractivity contribution in [1.29, 1.82) is 0 Å². The molecule has 0 aromatic carbocycles. The molecule has 0 aliphatic rings. The maximum absolute atomic E-state index is 5.35. The monoisotopic (exact) mass is 289 g/mol. The van der Waals surface area contributed by atoms with E-state index in [9.17, 15) is 0 Å². The van der Waals surface area contributed by atoms with Crippen LogP contribution in [0.1, 0.15) is 11.3 Å². The van der Waals surface area contributed by atoms with Crippen LogP contribution in [0.3, 0.4) is 0 Å². The number of pyridine rings is 2. The summed E-state index contributed by atoms with van der Waals surface area (Å²) in [5.41, 5.74) is 1.78. The number of nitrogens with one attached hydrogen (secondary N) is 1. The van der Waals surface area contributed by atoms with Crippen LogP contribution in [0.5, 0.6) is 17.4 Å². The Balaban J connectivity index is 2.04. The third-order valence-electron chi connectivity index (χ3n) is 3.02. The SMILES string of the molecule is COc1ccnc(CNCc2cccnc2OC)c1OC. The van der Waals surface area contributed by atoms with Crippen molar-refractivity contribution in [3.05, 3.63) is 41.9 Å². The fraction of sp³-hybridized carbons (Fsp3) is 0.333. The summed E-state index contributed by atoms with van der Waals surface area (Å²) in [4.78, 5) is 8.48. The van der Waals surface area contributed by atoms with Crippen molar-refractivity contribution >= 4 is 0 Å². The Hall–Kier alpha value is -2.34. The second-order valence-electron chi connectivity index (χ2n) is 4.27. The van der Waals surface area contributed by atoms with Crippen LogP contribution >= 0.6 is 0 Å². The third-order valence-corrected chi connectivity index (χ3v) is 3.02. The molecule has 1 N–H and O–H groups in total. The van der Waals surface area contributed by atoms with Gasteiger partial charge < -0.3 is 19.5 Å². The molecule has 0 bridgehead atoms. The van der Waals surface area contributed by atoms with Crippen LogP contribution in [0.15, 0.2) is 30.6 Å². The zero-order valence-corrected chi connectivity index (χ0v) is 12.4. The molecule has 0 amide bonds. The molecule has 2 aromatic rings. The van der Waals surface area contributed by atoms with Gasteiger partial charge in [-0.1, -0.05) is 6.07 Å². The maximum atomic E-state index is 5.35. The molecule has 0 atom stereocenters. The van der Waals surface area contributed by atoms with Gasteiger partial charge in [0.25, 0.3) is 0 Å². The lowest BCUT2D eigenvalue weighted by Gasteiger charge is -2.12. The Morgan fingerprint density at radius 1 is 0.952 bits per heavy atom. The Labute approximate surface area is 124 Å². The summed E-state index contributed by atoms with van der Waals surface area (Å²) < 4.78 is 15.8. The van der Waals surface area contributed by atoms with Gasteiger partial charge in [-0.25, -0.2) is 4.98 Å². The highest BCUT2D eigenvalue weighted by Crippen LogP contribution is 2.28. The highest BCUT2D eigenvalue weighted by molar-refractivity contribution is 5.42. The largest absolute Gasteiger partial charge is 0.493 e. The quantitative estimate of drug-likeness (QED) is 0.838. The molecule has 0 fully saturated rings. The molecule has 0 aliphatic heterocycles. The first-order chi connectivity index (χ1) is 10.3. The Bertz CT molecular complexity index is 590. The van der Waals surface area contributed by atoms with Crippen LogP contribution in [0.25, 0.3) is 0 Å². The van der Waals surface area contributed by atoms with Crippen molar-refractivity contribution in [2.75, 3.05) is 21.3 Å². The van der Waals surface area contributed by atoms with Crippen LogP contribution in [-0.4, -0.2) is 31.3 Å². The molecule has 2 rings (SSSR count). The number of rotatable bonds is 7. The molecular formula is C15H19N3O3. The van der Waals surface area contributed by atoms with Crippen molar-refractivity contribution in [3.63, 3.8) is 0 Å². The molecule has 0 saturated heterocycles. The van der Waals surface area contributed by atoms with E-state index in [-0.39, 0.29) is 0 Å². The number of nitrogens with zero attached hydrogens (tertiary/aromatic N) is 2. The zero-order chi connectivity index (χ0) is 15.1. The predicted octanol–water partition coefficient (Wildman–Crippen LogP) is 1.79. The molecule has 0 radical (unpaired) electrons. The van der Waals surface area contributed by atoms with Crippen LogP contribution in [-0.2, 0) is 13.1 Å². The average molecular weight is 289 g/mol. The predicted molar refractivity (Wildman–Crippen MR) is 78.7 cm³/mol. The van der Waals surface area contributed by atoms with Crippen LogP contribution < -0.4 is 19.5 Å². The molecule has 0 aliphatic carbocycles. The van der Waals surface area contributed by atoms with Crippen molar-refractivity contribution < 1.29 is 14.2 Å². The lowest BCUT2D eigenvalue weighted by Crippen LogP contribution is -2.15. The maximum Gasteiger partial charge on any atom is 0.217 e. The Kier molecular flexibility index (Phi) is 5.34. The number of hydrogen-bond donors (Lipinski definition) is 1. The van der Waals surface area contributed by atoms with Gasteiger partial charge in [0.1, 0.15) is 0 Å². The smallest absolute Gasteiger partial charge is 0.217 e. The van der Waals surface area contributed by atoms with Gasteiger partial charge >= 0.3 is 0 Å². The van der Waals surface area contributed by atoms with Crippen molar-refractivity contribution in [1.82, 2.24) is 15.3 Å². The molecule has 2 aromatic heterocycles. The number of ether oxygens (including phenoxy) is 3. The van der Waals surface area contributed by atoms with E-state index in [0.717, 1.165) is 11.3 Å². The molecule has 2 heterocycles. The van der Waals surface area contributed by atoms with E-state index in [2.05, 4.69) is 15.3 Å². The summed E-state index contributed by atoms with van der Waals surface area (Å²) in [6, 6.07) is 5.62. The van der Waals surface area contributed by atoms with Gasteiger partial charge in [-0.2, -0.15) is 0 Å². The van der Waals surface area contributed by atoms with Gasteiger partial charge in [0.05, 0.1) is 27.0 Å². The van der Waals surface area contributed by atoms with Crippen LogP contribution in [0.2, 0.25) is 0 Å². The van der Waals surface area contributed by atoms with E-state index in [4.69, 9.17) is 14.2 Å². The Morgan fingerprint density at radius 2 is 1.81 bits per heavy atom. The minimum absolute atomic E-state index is 0.554. The van der Waals surface area contributed by atoms with Crippen LogP contribution in [0.4, 0.5) is 0 Å². The molecule has 0 spiro atoms. The van der Waals surface area contributed by atoms with E-state index in [1.54, 1.807) is 39.8 Å². The van der Waals surface area contributed by atoms with Gasteiger partial charge in [-0.05, 0) is 6.07 Å². The second-order valence-corrected chi connectivity index (χ2v) is 4.27. The Morgan fingerprint density at radius 3 is 2.52 bits per heavy atom. The molecule has 21 heavy (non-hydrogen) atoms. The van der Waals surface area contributed by atoms with Crippen molar-refractivity contribution in [3.8, 4) is 17.4 Å². The molecule has 0 unspecified atom stereocenters. The summed E-state index contributed by atoms with van der Waals surface area (Å²) in [6.07, 6.45) is 3.40. The van der Waals surface area contributed by atoms with E-state index < -0.39 is 0 Å². The number of hydrogen-bond acceptors (Lipinski definition) is 6. The first-order valence-corrected chi connectivity index (χ1v) is 6.54. The first kappa shape index (κ1) is 15.1. The second kappa shape index (κ2) is 7.44. The highest BCUT2D eigenvalue weighted by atomic mass is 16.5. The lowest BCUT2D eigenvalue weighted by molar-refractivity contribution is 0.348. The minimum atomic E-state index is 0.554. The summed E-state index contributed by atoms with van der Waals surface area (Å²) in [7, 11) is 4.82. The summed E-state index contributed by atoms with van der Waals surface area (Å²) in [5, 5.41) is 3.30. The van der Waals surface area contributed by atoms with E-state index in [1.165, 1.54) is 0 Å². The number of aromatic nitrogens is 2. The average Bonchev–Trinajstić information content (AvgIpc) is 2.54. The molecule has 6 heteroatoms. The first-order valence-electron chi connectivity index (χ1n) is 6.54. The molecular weight excluding hydrogens is 270 g/mol. The van der Waals surface area contributed by atoms with E-state index in [0.29, 0.717) is 30.5 Å². The van der Waals surface area contributed by atoms with Crippen LogP contribution in [0, 0.1) is 0 Å². The van der Waals surface area contributed by atoms with Crippen molar-refractivity contribution in [2.24, 2.45) is 0 Å². The van der Waals surface area contributed by atoms with Gasteiger partial charge in [-0.3, -0.25) is 4.98 Å². The molecule has 0 saturated carbocycles. The third kappa shape index (κ3) is 3.61. The fourth-order valence-corrected chi connectivity index (χ4v) is 2.03. The lowest BCUT2D eigenvalue weighted by atomic mass is 10.2. The normalized spacial score (nSPS) is 10.2. The van der Waals surface area contributed by atoms with E-state index in [1.807, 2.05) is 12.1 Å². The van der Waals surface area contributed by atoms with Crippen molar-refractivity contribution in [2.45, 2.75) is 13.1 Å². The summed E-state index contributed by atoms with van der Waals surface area (Å²) in [6.45, 7) is 1.18. The van der Waals surface area contributed by atoms with Gasteiger partial charge in [0, 0.05) is 37.1 Å². The van der Waals surface area contributed by atoms with E-state index >= 15 is 0 Å². The zero-order valence-electron chi connectivity index (χ0n) is 12.4.